The Morgan fingerprint density at radius 3 is 2.35 bits per heavy atom. The van der Waals surface area contributed by atoms with Gasteiger partial charge in [0.25, 0.3) is 0 Å². The molecule has 1 heterocycles. The number of aromatic nitrogens is 1. The van der Waals surface area contributed by atoms with E-state index in [9.17, 15) is 0 Å². The second kappa shape index (κ2) is 5.30. The SMILES string of the molecule is Cc1ccc(/C=C/c2ccc3ccccc3[n+]2C)cc1. The number of para-hydroxylation sites is 1. The van der Waals surface area contributed by atoms with Crippen LogP contribution in [0, 0.1) is 6.92 Å². The van der Waals surface area contributed by atoms with Crippen molar-refractivity contribution in [1.29, 1.82) is 0 Å². The fourth-order valence-corrected chi connectivity index (χ4v) is 2.39. The minimum Gasteiger partial charge on any atom is -0.195 e. The molecule has 3 rings (SSSR count). The number of pyridine rings is 1. The van der Waals surface area contributed by atoms with Gasteiger partial charge in [-0.05, 0) is 30.7 Å². The second-order valence-corrected chi connectivity index (χ2v) is 5.12. The Hall–Kier alpha value is -2.41. The molecule has 0 N–H and O–H groups in total. The Kier molecular flexibility index (Phi) is 3.34. The standard InChI is InChI=1S/C19H18N/c1-15-7-9-16(10-8-15)11-13-18-14-12-17-5-3-4-6-19(17)20(18)2/h3-14H,1-2H3/q+1/b13-11+. The first-order valence-corrected chi connectivity index (χ1v) is 6.86. The average Bonchev–Trinajstić information content (AvgIpc) is 2.49. The molecule has 98 valence electrons. The van der Waals surface area contributed by atoms with Crippen LogP contribution in [0.15, 0.2) is 60.7 Å². The molecule has 0 amide bonds. The van der Waals surface area contributed by atoms with Gasteiger partial charge in [-0.3, -0.25) is 0 Å². The molecule has 0 atom stereocenters. The highest BCUT2D eigenvalue weighted by molar-refractivity contribution is 5.77. The lowest BCUT2D eigenvalue weighted by Crippen LogP contribution is -2.32. The first-order chi connectivity index (χ1) is 9.74. The molecule has 0 aliphatic rings. The van der Waals surface area contributed by atoms with Gasteiger partial charge in [0, 0.05) is 23.6 Å². The van der Waals surface area contributed by atoms with E-state index in [1.165, 1.54) is 27.7 Å². The van der Waals surface area contributed by atoms with Crippen LogP contribution in [0.3, 0.4) is 0 Å². The summed E-state index contributed by atoms with van der Waals surface area (Å²) in [5, 5.41) is 1.27. The molecule has 0 bridgehead atoms. The lowest BCUT2D eigenvalue weighted by Gasteiger charge is -2.00. The molecule has 1 nitrogen and oxygen atoms in total. The highest BCUT2D eigenvalue weighted by atomic mass is 14.9. The lowest BCUT2D eigenvalue weighted by molar-refractivity contribution is -0.646. The van der Waals surface area contributed by atoms with Crippen molar-refractivity contribution in [3.63, 3.8) is 0 Å². The lowest BCUT2D eigenvalue weighted by atomic mass is 10.1. The van der Waals surface area contributed by atoms with Crippen molar-refractivity contribution in [1.82, 2.24) is 0 Å². The maximum Gasteiger partial charge on any atom is 0.212 e. The summed E-state index contributed by atoms with van der Waals surface area (Å²) in [5.41, 5.74) is 4.96. The maximum atomic E-state index is 2.22. The van der Waals surface area contributed by atoms with E-state index in [-0.39, 0.29) is 0 Å². The number of hydrogen-bond donors (Lipinski definition) is 0. The van der Waals surface area contributed by atoms with Gasteiger partial charge in [-0.25, -0.2) is 0 Å². The Bertz CT molecular complexity index is 767. The van der Waals surface area contributed by atoms with Crippen molar-refractivity contribution in [3.8, 4) is 0 Å². The largest absolute Gasteiger partial charge is 0.212 e. The smallest absolute Gasteiger partial charge is 0.195 e. The molecule has 1 aromatic heterocycles. The minimum absolute atomic E-state index is 1.20. The summed E-state index contributed by atoms with van der Waals surface area (Å²) in [5.74, 6) is 0. The molecule has 1 heteroatoms. The Balaban J connectivity index is 1.98. The van der Waals surface area contributed by atoms with Gasteiger partial charge >= 0.3 is 0 Å². The molecule has 0 aliphatic carbocycles. The number of benzene rings is 2. The average molecular weight is 260 g/mol. The van der Waals surface area contributed by atoms with Gasteiger partial charge in [0.2, 0.25) is 11.2 Å². The first-order valence-electron chi connectivity index (χ1n) is 6.86. The highest BCUT2D eigenvalue weighted by Crippen LogP contribution is 2.12. The summed E-state index contributed by atoms with van der Waals surface area (Å²) in [6.07, 6.45) is 4.32. The summed E-state index contributed by atoms with van der Waals surface area (Å²) in [6.45, 7) is 2.11. The molecule has 0 spiro atoms. The Labute approximate surface area is 119 Å². The third kappa shape index (κ3) is 2.48. The van der Waals surface area contributed by atoms with Gasteiger partial charge < -0.3 is 0 Å². The van der Waals surface area contributed by atoms with Crippen LogP contribution >= 0.6 is 0 Å². The molecule has 0 saturated heterocycles. The van der Waals surface area contributed by atoms with E-state index in [1.807, 2.05) is 0 Å². The normalized spacial score (nSPS) is 11.3. The van der Waals surface area contributed by atoms with E-state index in [2.05, 4.69) is 91.4 Å². The van der Waals surface area contributed by atoms with E-state index in [4.69, 9.17) is 0 Å². The highest BCUT2D eigenvalue weighted by Gasteiger charge is 2.07. The topological polar surface area (TPSA) is 3.88 Å². The predicted molar refractivity (Wildman–Crippen MR) is 85.2 cm³/mol. The molecule has 20 heavy (non-hydrogen) atoms. The third-order valence-corrected chi connectivity index (χ3v) is 3.64. The molecule has 0 radical (unpaired) electrons. The first kappa shape index (κ1) is 12.6. The van der Waals surface area contributed by atoms with Gasteiger partial charge in [-0.1, -0.05) is 42.0 Å². The number of nitrogens with zero attached hydrogens (tertiary/aromatic N) is 1. The van der Waals surface area contributed by atoms with Crippen LogP contribution in [0.25, 0.3) is 23.1 Å². The number of hydrogen-bond acceptors (Lipinski definition) is 0. The zero-order valence-electron chi connectivity index (χ0n) is 11.9. The van der Waals surface area contributed by atoms with E-state index < -0.39 is 0 Å². The van der Waals surface area contributed by atoms with E-state index in [0.29, 0.717) is 0 Å². The molecule has 0 fully saturated rings. The quantitative estimate of drug-likeness (QED) is 0.610. The molecular weight excluding hydrogens is 242 g/mol. The molecular formula is C19H18N+. The van der Waals surface area contributed by atoms with E-state index in [1.54, 1.807) is 0 Å². The fraction of sp³-hybridized carbons (Fsp3) is 0.105. The minimum atomic E-state index is 1.20. The zero-order valence-corrected chi connectivity index (χ0v) is 11.9. The summed E-state index contributed by atoms with van der Waals surface area (Å²) < 4.78 is 2.22. The molecule has 0 unspecified atom stereocenters. The van der Waals surface area contributed by atoms with E-state index >= 15 is 0 Å². The van der Waals surface area contributed by atoms with Crippen molar-refractivity contribution in [2.45, 2.75) is 6.92 Å². The molecule has 0 aliphatic heterocycles. The summed E-state index contributed by atoms with van der Waals surface area (Å²) in [4.78, 5) is 0. The van der Waals surface area contributed by atoms with Crippen LogP contribution in [-0.4, -0.2) is 0 Å². The monoisotopic (exact) mass is 260 g/mol. The van der Waals surface area contributed by atoms with Crippen molar-refractivity contribution < 1.29 is 4.57 Å². The van der Waals surface area contributed by atoms with Crippen LogP contribution in [-0.2, 0) is 7.05 Å². The van der Waals surface area contributed by atoms with Crippen LogP contribution in [0.4, 0.5) is 0 Å². The van der Waals surface area contributed by atoms with Gasteiger partial charge in [-0.15, -0.1) is 0 Å². The van der Waals surface area contributed by atoms with Crippen molar-refractivity contribution in [2.75, 3.05) is 0 Å². The molecule has 2 aromatic carbocycles. The van der Waals surface area contributed by atoms with Crippen LogP contribution in [0.1, 0.15) is 16.8 Å². The van der Waals surface area contributed by atoms with Crippen molar-refractivity contribution in [3.05, 3.63) is 77.5 Å². The van der Waals surface area contributed by atoms with Crippen molar-refractivity contribution in [2.24, 2.45) is 7.05 Å². The molecule has 0 saturated carbocycles. The van der Waals surface area contributed by atoms with Crippen LogP contribution < -0.4 is 4.57 Å². The number of aryl methyl sites for hydroxylation is 2. The van der Waals surface area contributed by atoms with Gasteiger partial charge in [0.05, 0.1) is 0 Å². The van der Waals surface area contributed by atoms with Gasteiger partial charge in [0.1, 0.15) is 7.05 Å². The van der Waals surface area contributed by atoms with Crippen LogP contribution in [0.2, 0.25) is 0 Å². The summed E-state index contributed by atoms with van der Waals surface area (Å²) in [7, 11) is 2.11. The van der Waals surface area contributed by atoms with Crippen LogP contribution in [0.5, 0.6) is 0 Å². The number of fused-ring (bicyclic) bond motifs is 1. The Morgan fingerprint density at radius 2 is 1.55 bits per heavy atom. The fourth-order valence-electron chi connectivity index (χ4n) is 2.39. The molecule has 3 aromatic rings. The predicted octanol–water partition coefficient (Wildman–Crippen LogP) is 4.14. The summed E-state index contributed by atoms with van der Waals surface area (Å²) >= 11 is 0. The zero-order chi connectivity index (χ0) is 13.9. The number of rotatable bonds is 2. The second-order valence-electron chi connectivity index (χ2n) is 5.12. The third-order valence-electron chi connectivity index (χ3n) is 3.64. The van der Waals surface area contributed by atoms with Gasteiger partial charge in [0.15, 0.2) is 0 Å². The Morgan fingerprint density at radius 1 is 0.800 bits per heavy atom. The summed E-state index contributed by atoms with van der Waals surface area (Å²) in [6, 6.07) is 21.3. The van der Waals surface area contributed by atoms with Crippen molar-refractivity contribution >= 4 is 23.1 Å². The van der Waals surface area contributed by atoms with E-state index in [0.717, 1.165) is 0 Å². The van der Waals surface area contributed by atoms with Gasteiger partial charge in [-0.2, -0.15) is 4.57 Å². The maximum absolute atomic E-state index is 2.22.